The van der Waals surface area contributed by atoms with Gasteiger partial charge in [-0.3, -0.25) is 4.57 Å². The van der Waals surface area contributed by atoms with E-state index in [0.717, 1.165) is 33.5 Å². The Bertz CT molecular complexity index is 2770. The molecule has 8 aromatic carbocycles. The third-order valence-electron chi connectivity index (χ3n) is 9.60. The van der Waals surface area contributed by atoms with Gasteiger partial charge in [-0.25, -0.2) is 9.97 Å². The zero-order valence-corrected chi connectivity index (χ0v) is 25.4. The summed E-state index contributed by atoms with van der Waals surface area (Å²) < 4.78 is 2.22. The fourth-order valence-electron chi connectivity index (χ4n) is 7.47. The van der Waals surface area contributed by atoms with Crippen molar-refractivity contribution in [2.75, 3.05) is 0 Å². The fourth-order valence-corrected chi connectivity index (χ4v) is 7.47. The van der Waals surface area contributed by atoms with Crippen LogP contribution in [-0.4, -0.2) is 14.5 Å². The lowest BCUT2D eigenvalue weighted by Crippen LogP contribution is -2.04. The number of benzene rings is 8. The molecular formula is C44H27N3. The molecule has 2 aromatic heterocycles. The standard InChI is InChI=1S/C44H27N3/c1-2-14-30-28(12-1)13-11-21-36(30)41-27-40(45-44(46-41)47-42-22-9-7-19-37(42)38-20-8-10-23-43(38)47)29-24-25-35-33-17-4-3-15-31(33)32-16-5-6-18-34(32)39(35)26-29/h1-27H. The lowest BCUT2D eigenvalue weighted by Gasteiger charge is -2.14. The van der Waals surface area contributed by atoms with Crippen LogP contribution in [-0.2, 0) is 0 Å². The Morgan fingerprint density at radius 2 is 0.830 bits per heavy atom. The summed E-state index contributed by atoms with van der Waals surface area (Å²) in [5.41, 5.74) is 6.11. The first kappa shape index (κ1) is 26.0. The minimum absolute atomic E-state index is 0.659. The Balaban J connectivity index is 1.30. The predicted octanol–water partition coefficient (Wildman–Crippen LogP) is 11.5. The van der Waals surface area contributed by atoms with Gasteiger partial charge in [0.2, 0.25) is 5.95 Å². The molecule has 10 aromatic rings. The lowest BCUT2D eigenvalue weighted by molar-refractivity contribution is 0.996. The van der Waals surface area contributed by atoms with Crippen molar-refractivity contribution < 1.29 is 0 Å². The number of nitrogens with zero attached hydrogens (tertiary/aromatic N) is 3. The predicted molar refractivity (Wildman–Crippen MR) is 197 cm³/mol. The monoisotopic (exact) mass is 597 g/mol. The van der Waals surface area contributed by atoms with Crippen LogP contribution in [0.25, 0.3) is 93.4 Å². The third-order valence-corrected chi connectivity index (χ3v) is 9.60. The number of hydrogen-bond donors (Lipinski definition) is 0. The highest BCUT2D eigenvalue weighted by molar-refractivity contribution is 6.25. The van der Waals surface area contributed by atoms with Gasteiger partial charge in [0, 0.05) is 21.9 Å². The third kappa shape index (κ3) is 3.93. The molecule has 3 heteroatoms. The van der Waals surface area contributed by atoms with Gasteiger partial charge in [-0.2, -0.15) is 0 Å². The van der Waals surface area contributed by atoms with Crippen molar-refractivity contribution in [3.63, 3.8) is 0 Å². The van der Waals surface area contributed by atoms with E-state index in [9.17, 15) is 0 Å². The summed E-state index contributed by atoms with van der Waals surface area (Å²) in [6.07, 6.45) is 0. The van der Waals surface area contributed by atoms with Crippen molar-refractivity contribution in [2.24, 2.45) is 0 Å². The molecule has 3 nitrogen and oxygen atoms in total. The summed E-state index contributed by atoms with van der Waals surface area (Å²) in [6.45, 7) is 0. The first-order valence-corrected chi connectivity index (χ1v) is 16.0. The number of aromatic nitrogens is 3. The van der Waals surface area contributed by atoms with E-state index in [1.54, 1.807) is 0 Å². The van der Waals surface area contributed by atoms with Gasteiger partial charge < -0.3 is 0 Å². The molecule has 0 aliphatic heterocycles. The van der Waals surface area contributed by atoms with Gasteiger partial charge in [0.15, 0.2) is 0 Å². The second kappa shape index (κ2) is 10.1. The van der Waals surface area contributed by atoms with Gasteiger partial charge in [-0.15, -0.1) is 0 Å². The smallest absolute Gasteiger partial charge is 0.235 e. The SMILES string of the molecule is c1ccc2c(-c3cc(-c4ccc5c6ccccc6c6ccccc6c5c4)nc(-n4c5ccccc5c5ccccc54)n3)cccc2c1. The Labute approximate surface area is 271 Å². The molecule has 10 rings (SSSR count). The van der Waals surface area contributed by atoms with Crippen molar-refractivity contribution in [3.8, 4) is 28.5 Å². The van der Waals surface area contributed by atoms with Crippen LogP contribution in [0.4, 0.5) is 0 Å². The molecule has 0 amide bonds. The van der Waals surface area contributed by atoms with Gasteiger partial charge in [0.25, 0.3) is 0 Å². The van der Waals surface area contributed by atoms with Crippen LogP contribution in [0.15, 0.2) is 164 Å². The van der Waals surface area contributed by atoms with Crippen LogP contribution < -0.4 is 0 Å². The highest BCUT2D eigenvalue weighted by Gasteiger charge is 2.18. The van der Waals surface area contributed by atoms with Gasteiger partial charge >= 0.3 is 0 Å². The van der Waals surface area contributed by atoms with Gasteiger partial charge in [-0.1, -0.05) is 140 Å². The van der Waals surface area contributed by atoms with E-state index in [4.69, 9.17) is 9.97 Å². The Hall–Kier alpha value is -6.32. The summed E-state index contributed by atoms with van der Waals surface area (Å²) in [5, 5.41) is 12.2. The van der Waals surface area contributed by atoms with E-state index in [1.807, 2.05) is 0 Å². The van der Waals surface area contributed by atoms with E-state index in [2.05, 4.69) is 168 Å². The molecule has 0 spiro atoms. The first-order chi connectivity index (χ1) is 23.3. The molecule has 47 heavy (non-hydrogen) atoms. The van der Waals surface area contributed by atoms with E-state index in [-0.39, 0.29) is 0 Å². The Morgan fingerprint density at radius 1 is 0.340 bits per heavy atom. The van der Waals surface area contributed by atoms with Crippen molar-refractivity contribution in [2.45, 2.75) is 0 Å². The van der Waals surface area contributed by atoms with Gasteiger partial charge in [0.1, 0.15) is 0 Å². The normalized spacial score (nSPS) is 11.8. The first-order valence-electron chi connectivity index (χ1n) is 16.0. The van der Waals surface area contributed by atoms with E-state index >= 15 is 0 Å². The Kier molecular flexibility index (Phi) is 5.57. The number of hydrogen-bond acceptors (Lipinski definition) is 2. The zero-order chi connectivity index (χ0) is 30.9. The molecule has 0 saturated carbocycles. The molecule has 218 valence electrons. The molecule has 0 radical (unpaired) electrons. The molecule has 0 unspecified atom stereocenters. The highest BCUT2D eigenvalue weighted by Crippen LogP contribution is 2.39. The average molecular weight is 598 g/mol. The quantitative estimate of drug-likeness (QED) is 0.190. The summed E-state index contributed by atoms with van der Waals surface area (Å²) in [7, 11) is 0. The molecule has 0 atom stereocenters. The molecule has 0 fully saturated rings. The second-order valence-electron chi connectivity index (χ2n) is 12.2. The molecule has 0 aliphatic carbocycles. The van der Waals surface area contributed by atoms with Gasteiger partial charge in [-0.05, 0) is 67.4 Å². The average Bonchev–Trinajstić information content (AvgIpc) is 3.49. The molecule has 0 aliphatic rings. The summed E-state index contributed by atoms with van der Waals surface area (Å²) in [4.78, 5) is 10.7. The maximum Gasteiger partial charge on any atom is 0.235 e. The fraction of sp³-hybridized carbons (Fsp3) is 0. The van der Waals surface area contributed by atoms with Crippen molar-refractivity contribution >= 4 is 64.9 Å². The minimum atomic E-state index is 0.659. The molecule has 0 N–H and O–H groups in total. The lowest BCUT2D eigenvalue weighted by atomic mass is 9.92. The van der Waals surface area contributed by atoms with Crippen molar-refractivity contribution in [1.82, 2.24) is 14.5 Å². The summed E-state index contributed by atoms with van der Waals surface area (Å²) in [5.74, 6) is 0.659. The minimum Gasteiger partial charge on any atom is -0.278 e. The summed E-state index contributed by atoms with van der Waals surface area (Å²) >= 11 is 0. The molecule has 2 heterocycles. The van der Waals surface area contributed by atoms with Crippen LogP contribution >= 0.6 is 0 Å². The largest absolute Gasteiger partial charge is 0.278 e. The number of para-hydroxylation sites is 2. The van der Waals surface area contributed by atoms with Crippen LogP contribution in [0, 0.1) is 0 Å². The Morgan fingerprint density at radius 3 is 1.49 bits per heavy atom. The van der Waals surface area contributed by atoms with Crippen LogP contribution in [0.3, 0.4) is 0 Å². The molecular weight excluding hydrogens is 571 g/mol. The van der Waals surface area contributed by atoms with E-state index in [0.29, 0.717) is 5.95 Å². The van der Waals surface area contributed by atoms with Crippen LogP contribution in [0.2, 0.25) is 0 Å². The molecule has 0 saturated heterocycles. The maximum atomic E-state index is 5.35. The number of fused-ring (bicyclic) bond motifs is 10. The van der Waals surface area contributed by atoms with Gasteiger partial charge in [0.05, 0.1) is 22.4 Å². The topological polar surface area (TPSA) is 30.7 Å². The maximum absolute atomic E-state index is 5.35. The van der Waals surface area contributed by atoms with Crippen molar-refractivity contribution in [3.05, 3.63) is 164 Å². The van der Waals surface area contributed by atoms with E-state index < -0.39 is 0 Å². The van der Waals surface area contributed by atoms with E-state index in [1.165, 1.54) is 53.9 Å². The van der Waals surface area contributed by atoms with Crippen LogP contribution in [0.1, 0.15) is 0 Å². The number of rotatable bonds is 3. The zero-order valence-electron chi connectivity index (χ0n) is 25.4. The highest BCUT2D eigenvalue weighted by atomic mass is 15.2. The van der Waals surface area contributed by atoms with Crippen LogP contribution in [0.5, 0.6) is 0 Å². The molecule has 0 bridgehead atoms. The summed E-state index contributed by atoms with van der Waals surface area (Å²) in [6, 6.07) is 58.4. The van der Waals surface area contributed by atoms with Crippen molar-refractivity contribution in [1.29, 1.82) is 0 Å². The second-order valence-corrected chi connectivity index (χ2v) is 12.2.